The SMILES string of the molecule is CCCCOCCCNC(=O)c1ccnc(Cl)c1[N+](=O)[O-]. The summed E-state index contributed by atoms with van der Waals surface area (Å²) >= 11 is 5.65. The van der Waals surface area contributed by atoms with Gasteiger partial charge < -0.3 is 10.1 Å². The van der Waals surface area contributed by atoms with Crippen molar-refractivity contribution in [2.24, 2.45) is 0 Å². The summed E-state index contributed by atoms with van der Waals surface area (Å²) in [4.78, 5) is 25.7. The minimum atomic E-state index is -0.710. The number of halogens is 1. The van der Waals surface area contributed by atoms with Crippen molar-refractivity contribution in [1.29, 1.82) is 0 Å². The first-order valence-corrected chi connectivity index (χ1v) is 7.10. The van der Waals surface area contributed by atoms with Gasteiger partial charge in [-0.25, -0.2) is 4.98 Å². The number of rotatable bonds is 9. The maximum absolute atomic E-state index is 11.9. The second-order valence-electron chi connectivity index (χ2n) is 4.33. The van der Waals surface area contributed by atoms with Crippen LogP contribution in [0.4, 0.5) is 5.69 Å². The van der Waals surface area contributed by atoms with Crippen LogP contribution >= 0.6 is 11.6 Å². The van der Waals surface area contributed by atoms with Crippen molar-refractivity contribution in [2.75, 3.05) is 19.8 Å². The maximum Gasteiger partial charge on any atom is 0.319 e. The van der Waals surface area contributed by atoms with E-state index in [0.29, 0.717) is 26.2 Å². The van der Waals surface area contributed by atoms with E-state index in [-0.39, 0.29) is 10.7 Å². The zero-order valence-corrected chi connectivity index (χ0v) is 12.6. The fourth-order valence-corrected chi connectivity index (χ4v) is 1.83. The average Bonchev–Trinajstić information content (AvgIpc) is 2.45. The van der Waals surface area contributed by atoms with Crippen molar-refractivity contribution in [3.63, 3.8) is 0 Å². The van der Waals surface area contributed by atoms with Crippen molar-refractivity contribution in [3.8, 4) is 0 Å². The molecule has 116 valence electrons. The zero-order chi connectivity index (χ0) is 15.7. The summed E-state index contributed by atoms with van der Waals surface area (Å²) in [6.07, 6.45) is 3.98. The molecular formula is C13H18ClN3O4. The molecule has 0 saturated heterocycles. The number of pyridine rings is 1. The van der Waals surface area contributed by atoms with E-state index in [1.807, 2.05) is 0 Å². The summed E-state index contributed by atoms with van der Waals surface area (Å²) in [6, 6.07) is 1.27. The van der Waals surface area contributed by atoms with Crippen LogP contribution in [0.5, 0.6) is 0 Å². The number of hydrogen-bond donors (Lipinski definition) is 1. The summed E-state index contributed by atoms with van der Waals surface area (Å²) in [6.45, 7) is 3.70. The number of unbranched alkanes of at least 4 members (excludes halogenated alkanes) is 1. The first kappa shape index (κ1) is 17.3. The van der Waals surface area contributed by atoms with Crippen molar-refractivity contribution in [3.05, 3.63) is 33.1 Å². The van der Waals surface area contributed by atoms with E-state index in [1.54, 1.807) is 0 Å². The van der Waals surface area contributed by atoms with Gasteiger partial charge in [0.15, 0.2) is 0 Å². The third-order valence-corrected chi connectivity index (χ3v) is 2.98. The Morgan fingerprint density at radius 3 is 2.86 bits per heavy atom. The van der Waals surface area contributed by atoms with E-state index in [1.165, 1.54) is 12.3 Å². The first-order chi connectivity index (χ1) is 10.1. The molecule has 0 unspecified atom stereocenters. The average molecular weight is 316 g/mol. The lowest BCUT2D eigenvalue weighted by molar-refractivity contribution is -0.385. The van der Waals surface area contributed by atoms with Crippen molar-refractivity contribution in [2.45, 2.75) is 26.2 Å². The van der Waals surface area contributed by atoms with Crippen LogP contribution in [0.1, 0.15) is 36.5 Å². The van der Waals surface area contributed by atoms with Gasteiger partial charge in [-0.3, -0.25) is 14.9 Å². The number of nitrogens with one attached hydrogen (secondary N) is 1. The van der Waals surface area contributed by atoms with E-state index >= 15 is 0 Å². The van der Waals surface area contributed by atoms with Crippen molar-refractivity contribution < 1.29 is 14.5 Å². The number of ether oxygens (including phenoxy) is 1. The van der Waals surface area contributed by atoms with Crippen molar-refractivity contribution in [1.82, 2.24) is 10.3 Å². The third kappa shape index (κ3) is 5.65. The Morgan fingerprint density at radius 1 is 1.48 bits per heavy atom. The second kappa shape index (κ2) is 9.25. The summed E-state index contributed by atoms with van der Waals surface area (Å²) in [5.74, 6) is -0.542. The zero-order valence-electron chi connectivity index (χ0n) is 11.8. The monoisotopic (exact) mass is 315 g/mol. The van der Waals surface area contributed by atoms with Crippen LogP contribution in [0.3, 0.4) is 0 Å². The van der Waals surface area contributed by atoms with Crippen LogP contribution in [0.2, 0.25) is 5.15 Å². The Bertz CT molecular complexity index is 496. The van der Waals surface area contributed by atoms with Gasteiger partial charge >= 0.3 is 5.69 Å². The molecule has 8 heteroatoms. The van der Waals surface area contributed by atoms with Gasteiger partial charge in [-0.05, 0) is 18.9 Å². The van der Waals surface area contributed by atoms with Crippen LogP contribution in [-0.4, -0.2) is 35.6 Å². The smallest absolute Gasteiger partial charge is 0.319 e. The van der Waals surface area contributed by atoms with Crippen LogP contribution in [0.15, 0.2) is 12.3 Å². The summed E-state index contributed by atoms with van der Waals surface area (Å²) in [5, 5.41) is 13.2. The molecule has 0 aromatic carbocycles. The first-order valence-electron chi connectivity index (χ1n) is 6.72. The molecule has 1 heterocycles. The number of nitro groups is 1. The van der Waals surface area contributed by atoms with Crippen LogP contribution in [0, 0.1) is 10.1 Å². The lowest BCUT2D eigenvalue weighted by Crippen LogP contribution is -2.26. The Balaban J connectivity index is 2.46. The van der Waals surface area contributed by atoms with Crippen LogP contribution in [0.25, 0.3) is 0 Å². The molecule has 1 amide bonds. The standard InChI is InChI=1S/C13H18ClN3O4/c1-2-3-8-21-9-4-6-16-13(18)10-5-7-15-12(14)11(10)17(19)20/h5,7H,2-4,6,8-9H2,1H3,(H,16,18). The van der Waals surface area contributed by atoms with Gasteiger partial charge in [0.25, 0.3) is 5.91 Å². The molecule has 1 rings (SSSR count). The highest BCUT2D eigenvalue weighted by Gasteiger charge is 2.24. The van der Waals surface area contributed by atoms with E-state index < -0.39 is 16.5 Å². The topological polar surface area (TPSA) is 94.4 Å². The lowest BCUT2D eigenvalue weighted by atomic mass is 10.2. The van der Waals surface area contributed by atoms with Gasteiger partial charge in [0.2, 0.25) is 5.15 Å². The predicted molar refractivity (Wildman–Crippen MR) is 78.6 cm³/mol. The quantitative estimate of drug-likeness (QED) is 0.327. The molecule has 0 spiro atoms. The van der Waals surface area contributed by atoms with E-state index in [4.69, 9.17) is 16.3 Å². The van der Waals surface area contributed by atoms with Crippen LogP contribution < -0.4 is 5.32 Å². The van der Waals surface area contributed by atoms with E-state index in [9.17, 15) is 14.9 Å². The third-order valence-electron chi connectivity index (χ3n) is 2.70. The van der Waals surface area contributed by atoms with Crippen LogP contribution in [-0.2, 0) is 4.74 Å². The number of aromatic nitrogens is 1. The minimum Gasteiger partial charge on any atom is -0.381 e. The summed E-state index contributed by atoms with van der Waals surface area (Å²) in [5.41, 5.74) is -0.567. The Morgan fingerprint density at radius 2 is 2.19 bits per heavy atom. The molecule has 0 aliphatic rings. The fourth-order valence-electron chi connectivity index (χ4n) is 1.61. The molecule has 0 fully saturated rings. The number of carbonyl (C=O) groups is 1. The van der Waals surface area contributed by atoms with Gasteiger partial charge in [0, 0.05) is 26.0 Å². The molecule has 0 aliphatic heterocycles. The number of carbonyl (C=O) groups excluding carboxylic acids is 1. The maximum atomic E-state index is 11.9. The second-order valence-corrected chi connectivity index (χ2v) is 4.69. The van der Waals surface area contributed by atoms with Gasteiger partial charge in [0.05, 0.1) is 4.92 Å². The molecule has 21 heavy (non-hydrogen) atoms. The number of nitrogens with zero attached hydrogens (tertiary/aromatic N) is 2. The molecule has 0 radical (unpaired) electrons. The summed E-state index contributed by atoms with van der Waals surface area (Å²) in [7, 11) is 0. The Kier molecular flexibility index (Phi) is 7.63. The molecular weight excluding hydrogens is 298 g/mol. The molecule has 1 aromatic heterocycles. The molecule has 0 bridgehead atoms. The molecule has 0 aliphatic carbocycles. The van der Waals surface area contributed by atoms with E-state index in [0.717, 1.165) is 12.8 Å². The number of hydrogen-bond acceptors (Lipinski definition) is 5. The van der Waals surface area contributed by atoms with Crippen molar-refractivity contribution >= 4 is 23.2 Å². The van der Waals surface area contributed by atoms with E-state index in [2.05, 4.69) is 17.2 Å². The molecule has 1 aromatic rings. The van der Waals surface area contributed by atoms with Gasteiger partial charge in [-0.15, -0.1) is 0 Å². The lowest BCUT2D eigenvalue weighted by Gasteiger charge is -2.07. The minimum absolute atomic E-state index is 0.0908. The molecule has 0 atom stereocenters. The molecule has 7 nitrogen and oxygen atoms in total. The molecule has 1 N–H and O–H groups in total. The predicted octanol–water partition coefficient (Wildman–Crippen LogP) is 2.58. The largest absolute Gasteiger partial charge is 0.381 e. The normalized spacial score (nSPS) is 10.4. The van der Waals surface area contributed by atoms with Gasteiger partial charge in [0.1, 0.15) is 5.56 Å². The highest BCUT2D eigenvalue weighted by atomic mass is 35.5. The number of amides is 1. The summed E-state index contributed by atoms with van der Waals surface area (Å²) < 4.78 is 5.35. The Labute approximate surface area is 127 Å². The highest BCUT2D eigenvalue weighted by Crippen LogP contribution is 2.25. The fraction of sp³-hybridized carbons (Fsp3) is 0.538. The Hall–Kier alpha value is -1.73. The van der Waals surface area contributed by atoms with Gasteiger partial charge in [-0.1, -0.05) is 24.9 Å². The molecule has 0 saturated carbocycles. The highest BCUT2D eigenvalue weighted by molar-refractivity contribution is 6.32. The van der Waals surface area contributed by atoms with Gasteiger partial charge in [-0.2, -0.15) is 0 Å².